The van der Waals surface area contributed by atoms with Crippen molar-refractivity contribution in [2.75, 3.05) is 0 Å². The summed E-state index contributed by atoms with van der Waals surface area (Å²) in [7, 11) is 0. The molecule has 0 unspecified atom stereocenters. The second-order valence-corrected chi connectivity index (χ2v) is 8.26. The molecule has 0 bridgehead atoms. The number of allylic oxidation sites excluding steroid dienone is 2. The third-order valence-corrected chi connectivity index (χ3v) is 6.85. The summed E-state index contributed by atoms with van der Waals surface area (Å²) >= 11 is 0. The lowest BCUT2D eigenvalue weighted by Gasteiger charge is -2.09. The van der Waals surface area contributed by atoms with Crippen LogP contribution in [0.1, 0.15) is 43.0 Å². The maximum Gasteiger partial charge on any atom is 0.0797 e. The SMILES string of the molecule is CC1=C(C)c2c(C)c3c(cc2=C1C)N=c1c(-c2ccccc2)cc(C)c(C)c1=3. The van der Waals surface area contributed by atoms with Crippen molar-refractivity contribution >= 4 is 16.8 Å². The van der Waals surface area contributed by atoms with Crippen molar-refractivity contribution in [1.82, 2.24) is 0 Å². The summed E-state index contributed by atoms with van der Waals surface area (Å²) in [5, 5.41) is 5.14. The van der Waals surface area contributed by atoms with E-state index in [4.69, 9.17) is 4.99 Å². The van der Waals surface area contributed by atoms with Crippen molar-refractivity contribution in [3.63, 3.8) is 0 Å². The van der Waals surface area contributed by atoms with E-state index in [1.165, 1.54) is 65.8 Å². The van der Waals surface area contributed by atoms with E-state index in [2.05, 4.69) is 84.0 Å². The zero-order valence-corrected chi connectivity index (χ0v) is 17.5. The lowest BCUT2D eigenvalue weighted by atomic mass is 9.94. The molecular weight excluding hydrogens is 338 g/mol. The van der Waals surface area contributed by atoms with Crippen molar-refractivity contribution in [3.8, 4) is 11.1 Å². The third-order valence-electron chi connectivity index (χ3n) is 6.85. The second-order valence-electron chi connectivity index (χ2n) is 8.26. The lowest BCUT2D eigenvalue weighted by molar-refractivity contribution is 1.25. The normalized spacial score (nSPS) is 14.1. The van der Waals surface area contributed by atoms with E-state index in [0.29, 0.717) is 0 Å². The fourth-order valence-corrected chi connectivity index (χ4v) is 4.94. The molecule has 0 amide bonds. The zero-order chi connectivity index (χ0) is 19.7. The zero-order valence-electron chi connectivity index (χ0n) is 17.5. The first-order chi connectivity index (χ1) is 13.4. The summed E-state index contributed by atoms with van der Waals surface area (Å²) in [6.07, 6.45) is 0. The highest BCUT2D eigenvalue weighted by Gasteiger charge is 2.21. The van der Waals surface area contributed by atoms with Crippen LogP contribution in [0.3, 0.4) is 0 Å². The van der Waals surface area contributed by atoms with Crippen LogP contribution < -0.4 is 10.6 Å². The van der Waals surface area contributed by atoms with Gasteiger partial charge in [0.25, 0.3) is 0 Å². The average Bonchev–Trinajstić information content (AvgIpc) is 3.18. The molecule has 0 saturated carbocycles. The van der Waals surface area contributed by atoms with Gasteiger partial charge in [-0.25, -0.2) is 4.99 Å². The van der Waals surface area contributed by atoms with Crippen molar-refractivity contribution in [3.05, 3.63) is 91.3 Å². The molecule has 0 fully saturated rings. The Hall–Kier alpha value is -2.93. The Labute approximate surface area is 166 Å². The number of hydrogen-bond acceptors (Lipinski definition) is 1. The van der Waals surface area contributed by atoms with Crippen LogP contribution in [0.25, 0.3) is 22.3 Å². The Bertz CT molecular complexity index is 1440. The van der Waals surface area contributed by atoms with Crippen LogP contribution in [0.15, 0.2) is 53.0 Å². The number of aryl methyl sites for hydroxylation is 1. The van der Waals surface area contributed by atoms with Gasteiger partial charge in [0.15, 0.2) is 0 Å². The topological polar surface area (TPSA) is 12.4 Å². The van der Waals surface area contributed by atoms with Gasteiger partial charge in [-0.1, -0.05) is 30.3 Å². The first-order valence-electron chi connectivity index (χ1n) is 10.0. The highest BCUT2D eigenvalue weighted by atomic mass is 14.7. The maximum atomic E-state index is 5.18. The van der Waals surface area contributed by atoms with Crippen LogP contribution in [0, 0.1) is 31.2 Å². The van der Waals surface area contributed by atoms with Gasteiger partial charge < -0.3 is 0 Å². The summed E-state index contributed by atoms with van der Waals surface area (Å²) < 4.78 is 0. The Kier molecular flexibility index (Phi) is 3.55. The Morgan fingerprint density at radius 3 is 2.11 bits per heavy atom. The summed E-state index contributed by atoms with van der Waals surface area (Å²) in [6.45, 7) is 13.5. The van der Waals surface area contributed by atoms with Gasteiger partial charge in [-0.05, 0) is 103 Å². The second kappa shape index (κ2) is 5.78. The van der Waals surface area contributed by atoms with Crippen LogP contribution in [0.4, 0.5) is 5.69 Å². The van der Waals surface area contributed by atoms with Crippen molar-refractivity contribution < 1.29 is 0 Å². The van der Waals surface area contributed by atoms with Crippen LogP contribution in [0.5, 0.6) is 0 Å². The van der Waals surface area contributed by atoms with E-state index in [1.807, 2.05) is 0 Å². The summed E-state index contributed by atoms with van der Waals surface area (Å²) in [5.74, 6) is 0. The number of fused-ring (bicyclic) bond motifs is 3. The molecule has 0 saturated heterocycles. The number of rotatable bonds is 1. The fourth-order valence-electron chi connectivity index (χ4n) is 4.94. The van der Waals surface area contributed by atoms with Gasteiger partial charge in [-0.15, -0.1) is 0 Å². The molecule has 1 aliphatic carbocycles. The maximum absolute atomic E-state index is 5.18. The van der Waals surface area contributed by atoms with Crippen LogP contribution in [-0.4, -0.2) is 0 Å². The van der Waals surface area contributed by atoms with E-state index >= 15 is 0 Å². The molecule has 28 heavy (non-hydrogen) atoms. The quantitative estimate of drug-likeness (QED) is 0.405. The molecular formula is C27H25N. The molecule has 0 radical (unpaired) electrons. The Morgan fingerprint density at radius 2 is 1.39 bits per heavy atom. The van der Waals surface area contributed by atoms with Crippen molar-refractivity contribution in [1.29, 1.82) is 0 Å². The smallest absolute Gasteiger partial charge is 0.0797 e. The largest absolute Gasteiger partial charge is 0.247 e. The highest BCUT2D eigenvalue weighted by molar-refractivity contribution is 5.89. The van der Waals surface area contributed by atoms with Gasteiger partial charge in [-0.3, -0.25) is 0 Å². The molecule has 0 aromatic heterocycles. The molecule has 1 aliphatic heterocycles. The van der Waals surface area contributed by atoms with Crippen molar-refractivity contribution in [2.45, 2.75) is 41.5 Å². The van der Waals surface area contributed by atoms with Crippen LogP contribution in [0.2, 0.25) is 0 Å². The molecule has 0 spiro atoms. The van der Waals surface area contributed by atoms with E-state index in [-0.39, 0.29) is 0 Å². The standard InChI is InChI=1S/C27H25N/c1-14-12-22(20-10-8-7-9-11-20)27-26(15(14)2)25-19(6)24-18(5)16(3)17(4)21(24)13-23(25)28-27/h7-13H,1-6H3. The van der Waals surface area contributed by atoms with Crippen molar-refractivity contribution in [2.24, 2.45) is 4.99 Å². The minimum absolute atomic E-state index is 1.12. The van der Waals surface area contributed by atoms with Gasteiger partial charge in [0.2, 0.25) is 0 Å². The molecule has 3 aromatic carbocycles. The van der Waals surface area contributed by atoms with Gasteiger partial charge in [-0.2, -0.15) is 0 Å². The molecule has 0 N–H and O–H groups in total. The van der Waals surface area contributed by atoms with E-state index in [9.17, 15) is 0 Å². The Morgan fingerprint density at radius 1 is 0.679 bits per heavy atom. The molecule has 5 rings (SSSR count). The number of hydrogen-bond donors (Lipinski definition) is 0. The fraction of sp³-hybridized carbons (Fsp3) is 0.222. The molecule has 0 atom stereocenters. The van der Waals surface area contributed by atoms with Gasteiger partial charge in [0.05, 0.1) is 11.0 Å². The van der Waals surface area contributed by atoms with Crippen LogP contribution >= 0.6 is 0 Å². The monoisotopic (exact) mass is 363 g/mol. The minimum atomic E-state index is 1.12. The molecule has 2 aliphatic rings. The number of nitrogens with zero attached hydrogens (tertiary/aromatic N) is 1. The summed E-state index contributed by atoms with van der Waals surface area (Å²) in [6, 6.07) is 15.3. The molecule has 1 heterocycles. The predicted molar refractivity (Wildman–Crippen MR) is 118 cm³/mol. The van der Waals surface area contributed by atoms with Crippen LogP contribution in [-0.2, 0) is 0 Å². The average molecular weight is 364 g/mol. The first kappa shape index (κ1) is 17.2. The first-order valence-corrected chi connectivity index (χ1v) is 10.0. The van der Waals surface area contributed by atoms with Gasteiger partial charge >= 0.3 is 0 Å². The number of benzene rings is 3. The van der Waals surface area contributed by atoms with Gasteiger partial charge in [0, 0.05) is 16.0 Å². The minimum Gasteiger partial charge on any atom is -0.247 e. The molecule has 1 nitrogen and oxygen atoms in total. The van der Waals surface area contributed by atoms with E-state index in [1.54, 1.807) is 0 Å². The highest BCUT2D eigenvalue weighted by Crippen LogP contribution is 2.34. The molecule has 1 heteroatoms. The summed E-state index contributed by atoms with van der Waals surface area (Å²) in [4.78, 5) is 5.18. The van der Waals surface area contributed by atoms with Gasteiger partial charge in [0.1, 0.15) is 0 Å². The molecule has 138 valence electrons. The van der Waals surface area contributed by atoms with E-state index < -0.39 is 0 Å². The predicted octanol–water partition coefficient (Wildman–Crippen LogP) is 5.81. The molecule has 3 aromatic rings. The Balaban J connectivity index is 2.03. The summed E-state index contributed by atoms with van der Waals surface area (Å²) in [5.41, 5.74) is 13.3. The van der Waals surface area contributed by atoms with E-state index in [0.717, 1.165) is 11.0 Å². The lowest BCUT2D eigenvalue weighted by Crippen LogP contribution is -2.10. The third kappa shape index (κ3) is 2.10.